The van der Waals surface area contributed by atoms with Gasteiger partial charge in [0.15, 0.2) is 0 Å². The monoisotopic (exact) mass is 261 g/mol. The molecule has 72 valence electrons. The van der Waals surface area contributed by atoms with Crippen LogP contribution in [0.5, 0.6) is 0 Å². The summed E-state index contributed by atoms with van der Waals surface area (Å²) >= 11 is 5.24. The average molecular weight is 262 g/mol. The smallest absolute Gasteiger partial charge is 0.0505 e. The van der Waals surface area contributed by atoms with Gasteiger partial charge in [-0.1, -0.05) is 0 Å². The molecule has 0 spiro atoms. The highest BCUT2D eigenvalue weighted by atomic mass is 79.9. The van der Waals surface area contributed by atoms with Crippen molar-refractivity contribution in [1.82, 2.24) is 0 Å². The third-order valence-electron chi connectivity index (χ3n) is 2.87. The number of aliphatic hydroxyl groups is 1. The van der Waals surface area contributed by atoms with Gasteiger partial charge in [0.05, 0.1) is 6.61 Å². The van der Waals surface area contributed by atoms with E-state index in [1.165, 1.54) is 4.88 Å². The first-order valence-electron chi connectivity index (χ1n) is 4.27. The minimum atomic E-state index is -0.0205. The normalized spacial score (nSPS) is 32.1. The van der Waals surface area contributed by atoms with Gasteiger partial charge in [-0.3, -0.25) is 0 Å². The van der Waals surface area contributed by atoms with Crippen LogP contribution in [0.4, 0.5) is 0 Å². The highest BCUT2D eigenvalue weighted by Gasteiger charge is 2.54. The fourth-order valence-electron chi connectivity index (χ4n) is 1.74. The Balaban J connectivity index is 2.19. The molecule has 2 rings (SSSR count). The number of hydrogen-bond donors (Lipinski definition) is 2. The van der Waals surface area contributed by atoms with Gasteiger partial charge in [0.1, 0.15) is 0 Å². The predicted octanol–water partition coefficient (Wildman–Crippen LogP) is 1.94. The van der Waals surface area contributed by atoms with Crippen LogP contribution in [0, 0.1) is 5.41 Å². The van der Waals surface area contributed by atoms with Crippen LogP contribution in [0.3, 0.4) is 0 Å². The molecule has 3 N–H and O–H groups in total. The maximum atomic E-state index is 9.23. The molecule has 2 unspecified atom stereocenters. The lowest BCUT2D eigenvalue weighted by Gasteiger charge is -2.09. The van der Waals surface area contributed by atoms with Crippen molar-refractivity contribution in [3.05, 3.63) is 20.8 Å². The topological polar surface area (TPSA) is 46.2 Å². The highest BCUT2D eigenvalue weighted by molar-refractivity contribution is 9.10. The lowest BCUT2D eigenvalue weighted by atomic mass is 10.1. The average Bonchev–Trinajstić information content (AvgIpc) is 2.74. The first-order chi connectivity index (χ1) is 6.23. The van der Waals surface area contributed by atoms with Crippen LogP contribution in [0.15, 0.2) is 15.9 Å². The van der Waals surface area contributed by atoms with E-state index in [9.17, 15) is 5.11 Å². The maximum Gasteiger partial charge on any atom is 0.0505 e. The van der Waals surface area contributed by atoms with Crippen molar-refractivity contribution in [2.75, 3.05) is 13.2 Å². The maximum absolute atomic E-state index is 9.23. The number of nitrogens with two attached hydrogens (primary N) is 1. The Hall–Kier alpha value is 0.100. The van der Waals surface area contributed by atoms with Crippen LogP contribution in [0.25, 0.3) is 0 Å². The zero-order chi connectivity index (χ0) is 9.47. The molecular weight excluding hydrogens is 250 g/mol. The second-order valence-corrected chi connectivity index (χ2v) is 5.42. The molecule has 1 heterocycles. The summed E-state index contributed by atoms with van der Waals surface area (Å²) in [5, 5.41) is 11.3. The summed E-state index contributed by atoms with van der Waals surface area (Å²) in [6, 6.07) is 2.05. The second kappa shape index (κ2) is 3.35. The zero-order valence-electron chi connectivity index (χ0n) is 7.16. The summed E-state index contributed by atoms with van der Waals surface area (Å²) in [6.45, 7) is 0.789. The van der Waals surface area contributed by atoms with E-state index < -0.39 is 0 Å². The number of rotatable bonds is 3. The largest absolute Gasteiger partial charge is 0.396 e. The molecule has 1 aromatic rings. The van der Waals surface area contributed by atoms with Gasteiger partial charge in [0.25, 0.3) is 0 Å². The molecule has 0 radical (unpaired) electrons. The molecule has 1 aromatic heterocycles. The van der Waals surface area contributed by atoms with Crippen molar-refractivity contribution in [2.45, 2.75) is 12.3 Å². The highest BCUT2D eigenvalue weighted by Crippen LogP contribution is 2.60. The van der Waals surface area contributed by atoms with Gasteiger partial charge in [0.2, 0.25) is 0 Å². The first-order valence-corrected chi connectivity index (χ1v) is 5.94. The van der Waals surface area contributed by atoms with E-state index in [1.54, 1.807) is 11.3 Å². The fraction of sp³-hybridized carbons (Fsp3) is 0.556. The van der Waals surface area contributed by atoms with Gasteiger partial charge < -0.3 is 10.8 Å². The van der Waals surface area contributed by atoms with E-state index in [0.29, 0.717) is 12.5 Å². The lowest BCUT2D eigenvalue weighted by Crippen LogP contribution is -2.21. The number of halogens is 1. The predicted molar refractivity (Wildman–Crippen MR) is 58.0 cm³/mol. The Kier molecular flexibility index (Phi) is 2.49. The van der Waals surface area contributed by atoms with Crippen LogP contribution in [-0.2, 0) is 0 Å². The van der Waals surface area contributed by atoms with Gasteiger partial charge >= 0.3 is 0 Å². The Bertz CT molecular complexity index is 308. The third kappa shape index (κ3) is 1.46. The van der Waals surface area contributed by atoms with E-state index in [2.05, 4.69) is 27.4 Å². The molecule has 2 nitrogen and oxygen atoms in total. The summed E-state index contributed by atoms with van der Waals surface area (Å²) in [6.07, 6.45) is 1.03. The molecule has 0 aliphatic heterocycles. The summed E-state index contributed by atoms with van der Waals surface area (Å²) in [7, 11) is 0. The van der Waals surface area contributed by atoms with Gasteiger partial charge in [-0.25, -0.2) is 0 Å². The molecule has 0 bridgehead atoms. The van der Waals surface area contributed by atoms with Gasteiger partial charge in [-0.05, 0) is 33.8 Å². The fourth-order valence-corrected chi connectivity index (χ4v) is 3.63. The van der Waals surface area contributed by atoms with Crippen molar-refractivity contribution in [3.8, 4) is 0 Å². The standard InChI is InChI=1S/C9H12BrNOS/c10-7-1-2-13-8(7)6-3-9(6,4-11)5-12/h1-2,6,12H,3-5,11H2. The zero-order valence-corrected chi connectivity index (χ0v) is 9.57. The molecule has 1 aliphatic rings. The Morgan fingerprint density at radius 3 is 2.92 bits per heavy atom. The SMILES string of the molecule is NCC1(CO)CC1c1sccc1Br. The van der Waals surface area contributed by atoms with Crippen LogP contribution in [-0.4, -0.2) is 18.3 Å². The summed E-state index contributed by atoms with van der Waals surface area (Å²) < 4.78 is 1.16. The molecule has 0 aromatic carbocycles. The van der Waals surface area contributed by atoms with Crippen molar-refractivity contribution >= 4 is 27.3 Å². The van der Waals surface area contributed by atoms with Crippen molar-refractivity contribution < 1.29 is 5.11 Å². The molecule has 1 fully saturated rings. The van der Waals surface area contributed by atoms with Crippen LogP contribution < -0.4 is 5.73 Å². The van der Waals surface area contributed by atoms with Crippen molar-refractivity contribution in [1.29, 1.82) is 0 Å². The third-order valence-corrected chi connectivity index (χ3v) is 4.86. The lowest BCUT2D eigenvalue weighted by molar-refractivity contribution is 0.212. The Morgan fingerprint density at radius 1 is 1.77 bits per heavy atom. The van der Waals surface area contributed by atoms with E-state index in [0.717, 1.165) is 10.9 Å². The molecule has 0 saturated heterocycles. The van der Waals surface area contributed by atoms with Gasteiger partial charge in [-0.15, -0.1) is 11.3 Å². The quantitative estimate of drug-likeness (QED) is 0.874. The van der Waals surface area contributed by atoms with Gasteiger partial charge in [-0.2, -0.15) is 0 Å². The van der Waals surface area contributed by atoms with Crippen LogP contribution >= 0.6 is 27.3 Å². The number of hydrogen-bond acceptors (Lipinski definition) is 3. The minimum absolute atomic E-state index is 0.0205. The molecule has 0 amide bonds. The van der Waals surface area contributed by atoms with Crippen LogP contribution in [0.1, 0.15) is 17.2 Å². The molecule has 2 atom stereocenters. The number of aliphatic hydroxyl groups excluding tert-OH is 1. The summed E-state index contributed by atoms with van der Waals surface area (Å²) in [5.41, 5.74) is 5.63. The van der Waals surface area contributed by atoms with E-state index in [-0.39, 0.29) is 12.0 Å². The Labute approximate surface area is 89.9 Å². The van der Waals surface area contributed by atoms with E-state index in [1.807, 2.05) is 0 Å². The van der Waals surface area contributed by atoms with Crippen LogP contribution in [0.2, 0.25) is 0 Å². The van der Waals surface area contributed by atoms with E-state index in [4.69, 9.17) is 5.73 Å². The van der Waals surface area contributed by atoms with E-state index >= 15 is 0 Å². The van der Waals surface area contributed by atoms with Crippen molar-refractivity contribution in [2.24, 2.45) is 11.1 Å². The summed E-state index contributed by atoms with van der Waals surface area (Å²) in [5.74, 6) is 0.469. The second-order valence-electron chi connectivity index (χ2n) is 3.61. The molecular formula is C9H12BrNOS. The van der Waals surface area contributed by atoms with Crippen molar-refractivity contribution in [3.63, 3.8) is 0 Å². The minimum Gasteiger partial charge on any atom is -0.396 e. The summed E-state index contributed by atoms with van der Waals surface area (Å²) in [4.78, 5) is 1.33. The molecule has 4 heteroatoms. The van der Waals surface area contributed by atoms with Gasteiger partial charge in [0, 0.05) is 27.2 Å². The molecule has 1 aliphatic carbocycles. The molecule has 13 heavy (non-hydrogen) atoms. The number of thiophene rings is 1. The Morgan fingerprint density at radius 2 is 2.54 bits per heavy atom. The first kappa shape index (κ1) is 9.65. The molecule has 1 saturated carbocycles.